The van der Waals surface area contributed by atoms with Gasteiger partial charge in [-0.15, -0.1) is 0 Å². The topological polar surface area (TPSA) is 92.3 Å². The number of nitrogens with zero attached hydrogens (tertiary/aromatic N) is 3. The number of benzene rings is 1. The average molecular weight is 405 g/mol. The van der Waals surface area contributed by atoms with Gasteiger partial charge >= 0.3 is 0 Å². The molecule has 0 radical (unpaired) electrons. The SMILES string of the molecule is CCCCS(=O)(=O)NC1CCN(C(=O)c2ccc3nc(C)c(C)nc3c2)CC1. The fraction of sp³-hybridized carbons (Fsp3) is 0.550. The van der Waals surface area contributed by atoms with Gasteiger partial charge in [0.1, 0.15) is 0 Å². The minimum atomic E-state index is -3.23. The van der Waals surface area contributed by atoms with E-state index in [4.69, 9.17) is 0 Å². The number of rotatable bonds is 6. The molecule has 1 fully saturated rings. The van der Waals surface area contributed by atoms with Crippen LogP contribution in [0.5, 0.6) is 0 Å². The van der Waals surface area contributed by atoms with E-state index in [0.717, 1.165) is 23.3 Å². The minimum Gasteiger partial charge on any atom is -0.339 e. The van der Waals surface area contributed by atoms with Gasteiger partial charge in [-0.1, -0.05) is 13.3 Å². The summed E-state index contributed by atoms with van der Waals surface area (Å²) < 4.78 is 26.9. The molecule has 7 nitrogen and oxygen atoms in total. The van der Waals surface area contributed by atoms with Crippen LogP contribution in [0.15, 0.2) is 18.2 Å². The molecule has 2 heterocycles. The van der Waals surface area contributed by atoms with E-state index in [1.807, 2.05) is 26.8 Å². The Morgan fingerprint density at radius 1 is 1.14 bits per heavy atom. The zero-order valence-corrected chi connectivity index (χ0v) is 17.6. The van der Waals surface area contributed by atoms with Crippen molar-refractivity contribution in [2.75, 3.05) is 18.8 Å². The van der Waals surface area contributed by atoms with Gasteiger partial charge in [0.05, 0.1) is 28.2 Å². The Kier molecular flexibility index (Phi) is 6.30. The van der Waals surface area contributed by atoms with Gasteiger partial charge in [0.25, 0.3) is 5.91 Å². The van der Waals surface area contributed by atoms with Crippen molar-refractivity contribution in [1.29, 1.82) is 0 Å². The van der Waals surface area contributed by atoms with Gasteiger partial charge < -0.3 is 4.90 Å². The number of amides is 1. The van der Waals surface area contributed by atoms with Crippen LogP contribution >= 0.6 is 0 Å². The van der Waals surface area contributed by atoms with Crippen LogP contribution in [0.4, 0.5) is 0 Å². The molecular weight excluding hydrogens is 376 g/mol. The number of sulfonamides is 1. The van der Waals surface area contributed by atoms with E-state index < -0.39 is 10.0 Å². The summed E-state index contributed by atoms with van der Waals surface area (Å²) >= 11 is 0. The van der Waals surface area contributed by atoms with E-state index in [9.17, 15) is 13.2 Å². The summed E-state index contributed by atoms with van der Waals surface area (Å²) in [5, 5.41) is 0. The van der Waals surface area contributed by atoms with E-state index in [1.54, 1.807) is 17.0 Å². The maximum atomic E-state index is 12.9. The molecule has 1 aromatic carbocycles. The molecule has 1 saturated heterocycles. The van der Waals surface area contributed by atoms with Crippen LogP contribution in [0.1, 0.15) is 54.4 Å². The predicted octanol–water partition coefficient (Wildman–Crippen LogP) is 2.57. The van der Waals surface area contributed by atoms with Crippen molar-refractivity contribution in [3.05, 3.63) is 35.2 Å². The van der Waals surface area contributed by atoms with E-state index in [0.29, 0.717) is 43.4 Å². The van der Waals surface area contributed by atoms with Crippen LogP contribution in [0.25, 0.3) is 11.0 Å². The highest BCUT2D eigenvalue weighted by molar-refractivity contribution is 7.89. The Morgan fingerprint density at radius 2 is 1.79 bits per heavy atom. The number of piperidine rings is 1. The molecule has 0 bridgehead atoms. The molecule has 0 unspecified atom stereocenters. The maximum Gasteiger partial charge on any atom is 0.253 e. The number of nitrogens with one attached hydrogen (secondary N) is 1. The summed E-state index contributed by atoms with van der Waals surface area (Å²) in [6.45, 7) is 6.87. The Morgan fingerprint density at radius 3 is 2.43 bits per heavy atom. The van der Waals surface area contributed by atoms with Gasteiger partial charge in [-0.25, -0.2) is 23.1 Å². The molecule has 0 saturated carbocycles. The molecule has 0 aliphatic carbocycles. The van der Waals surface area contributed by atoms with Crippen LogP contribution in [0, 0.1) is 13.8 Å². The second kappa shape index (κ2) is 8.53. The summed E-state index contributed by atoms with van der Waals surface area (Å²) in [7, 11) is -3.23. The van der Waals surface area contributed by atoms with Crippen LogP contribution in [0.2, 0.25) is 0 Å². The monoisotopic (exact) mass is 404 g/mol. The van der Waals surface area contributed by atoms with Crippen molar-refractivity contribution in [1.82, 2.24) is 19.6 Å². The highest BCUT2D eigenvalue weighted by Crippen LogP contribution is 2.19. The van der Waals surface area contributed by atoms with E-state index in [1.165, 1.54) is 0 Å². The first-order chi connectivity index (χ1) is 13.3. The smallest absolute Gasteiger partial charge is 0.253 e. The van der Waals surface area contributed by atoms with Crippen LogP contribution in [0.3, 0.4) is 0 Å². The van der Waals surface area contributed by atoms with Crippen molar-refractivity contribution in [3.8, 4) is 0 Å². The number of aryl methyl sites for hydroxylation is 2. The molecule has 28 heavy (non-hydrogen) atoms. The number of carbonyl (C=O) groups is 1. The highest BCUT2D eigenvalue weighted by Gasteiger charge is 2.26. The number of hydrogen-bond acceptors (Lipinski definition) is 5. The lowest BCUT2D eigenvalue weighted by Gasteiger charge is -2.32. The Hall–Kier alpha value is -2.06. The average Bonchev–Trinajstić information content (AvgIpc) is 2.67. The number of unbranched alkanes of at least 4 members (excludes halogenated alkanes) is 1. The van der Waals surface area contributed by atoms with E-state index in [-0.39, 0.29) is 17.7 Å². The third-order valence-corrected chi connectivity index (χ3v) is 6.74. The standard InChI is InChI=1S/C20H28N4O3S/c1-4-5-12-28(26,27)23-17-8-10-24(11-9-17)20(25)16-6-7-18-19(13-16)22-15(3)14(2)21-18/h6-7,13,17,23H,4-5,8-12H2,1-3H3. The first-order valence-electron chi connectivity index (χ1n) is 9.83. The van der Waals surface area contributed by atoms with E-state index in [2.05, 4.69) is 14.7 Å². The van der Waals surface area contributed by atoms with Gasteiger partial charge in [0.15, 0.2) is 0 Å². The summed E-state index contributed by atoms with van der Waals surface area (Å²) in [4.78, 5) is 23.7. The molecular formula is C20H28N4O3S. The van der Waals surface area contributed by atoms with Gasteiger partial charge in [0, 0.05) is 24.7 Å². The largest absolute Gasteiger partial charge is 0.339 e. The van der Waals surface area contributed by atoms with Gasteiger partial charge in [-0.3, -0.25) is 4.79 Å². The molecule has 0 spiro atoms. The highest BCUT2D eigenvalue weighted by atomic mass is 32.2. The molecule has 1 aromatic heterocycles. The maximum absolute atomic E-state index is 12.9. The molecule has 0 atom stereocenters. The van der Waals surface area contributed by atoms with Crippen molar-refractivity contribution >= 4 is 27.0 Å². The van der Waals surface area contributed by atoms with Crippen molar-refractivity contribution in [2.24, 2.45) is 0 Å². The number of hydrogen-bond donors (Lipinski definition) is 1. The van der Waals surface area contributed by atoms with Crippen LogP contribution < -0.4 is 4.72 Å². The number of fused-ring (bicyclic) bond motifs is 1. The fourth-order valence-corrected chi connectivity index (χ4v) is 4.92. The fourth-order valence-electron chi connectivity index (χ4n) is 3.39. The van der Waals surface area contributed by atoms with Crippen molar-refractivity contribution in [3.63, 3.8) is 0 Å². The van der Waals surface area contributed by atoms with Gasteiger partial charge in [-0.05, 0) is 51.3 Å². The number of aromatic nitrogens is 2. The first kappa shape index (κ1) is 20.7. The predicted molar refractivity (Wildman–Crippen MR) is 110 cm³/mol. The lowest BCUT2D eigenvalue weighted by Crippen LogP contribution is -2.47. The zero-order valence-electron chi connectivity index (χ0n) is 16.7. The normalized spacial score (nSPS) is 15.9. The summed E-state index contributed by atoms with van der Waals surface area (Å²) in [5.74, 6) is 0.119. The summed E-state index contributed by atoms with van der Waals surface area (Å²) in [5.41, 5.74) is 3.82. The Labute approximate surface area is 166 Å². The summed E-state index contributed by atoms with van der Waals surface area (Å²) in [6.07, 6.45) is 2.77. The summed E-state index contributed by atoms with van der Waals surface area (Å²) in [6, 6.07) is 5.31. The first-order valence-corrected chi connectivity index (χ1v) is 11.5. The second-order valence-corrected chi connectivity index (χ2v) is 9.33. The Bertz CT molecular complexity index is 967. The van der Waals surface area contributed by atoms with Crippen LogP contribution in [-0.2, 0) is 10.0 Å². The lowest BCUT2D eigenvalue weighted by molar-refractivity contribution is 0.0711. The molecule has 1 aliphatic rings. The molecule has 3 rings (SSSR count). The van der Waals surface area contributed by atoms with Gasteiger partial charge in [0.2, 0.25) is 10.0 Å². The third kappa shape index (κ3) is 4.86. The Balaban J connectivity index is 1.64. The van der Waals surface area contributed by atoms with Crippen molar-refractivity contribution < 1.29 is 13.2 Å². The van der Waals surface area contributed by atoms with Crippen molar-refractivity contribution in [2.45, 2.75) is 52.5 Å². The lowest BCUT2D eigenvalue weighted by atomic mass is 10.0. The quantitative estimate of drug-likeness (QED) is 0.799. The molecule has 2 aromatic rings. The molecule has 152 valence electrons. The molecule has 1 aliphatic heterocycles. The van der Waals surface area contributed by atoms with Gasteiger partial charge in [-0.2, -0.15) is 0 Å². The van der Waals surface area contributed by atoms with E-state index >= 15 is 0 Å². The number of likely N-dealkylation sites (tertiary alicyclic amines) is 1. The minimum absolute atomic E-state index is 0.0470. The molecule has 1 N–H and O–H groups in total. The third-order valence-electron chi connectivity index (χ3n) is 5.22. The van der Waals surface area contributed by atoms with Crippen LogP contribution in [-0.4, -0.2) is 54.1 Å². The molecule has 1 amide bonds. The molecule has 8 heteroatoms. The second-order valence-electron chi connectivity index (χ2n) is 7.45. The number of carbonyl (C=O) groups excluding carboxylic acids is 1. The zero-order chi connectivity index (χ0) is 20.3.